The number of likely N-dealkylation sites (tertiary alicyclic amines) is 1. The number of benzene rings is 1. The van der Waals surface area contributed by atoms with E-state index in [1.165, 1.54) is 29.5 Å². The lowest BCUT2D eigenvalue weighted by Crippen LogP contribution is -2.53. The second kappa shape index (κ2) is 10.6. The number of aromatic nitrogens is 1. The Kier molecular flexibility index (Phi) is 7.97. The van der Waals surface area contributed by atoms with Gasteiger partial charge in [0.15, 0.2) is 0 Å². The van der Waals surface area contributed by atoms with Gasteiger partial charge >= 0.3 is 6.09 Å². The molecular weight excluding hydrogens is 498 g/mol. The number of piperidine rings is 1. The molecule has 2 heterocycles. The van der Waals surface area contributed by atoms with Gasteiger partial charge in [-0.25, -0.2) is 9.78 Å². The van der Waals surface area contributed by atoms with Gasteiger partial charge in [0.05, 0.1) is 17.3 Å². The minimum atomic E-state index is -1.01. The Morgan fingerprint density at radius 2 is 1.76 bits per heavy atom. The molecule has 38 heavy (non-hydrogen) atoms. The number of hydrogen-bond donors (Lipinski definition) is 2. The van der Waals surface area contributed by atoms with E-state index < -0.39 is 24.3 Å². The number of nitrogens with one attached hydrogen (secondary N) is 1. The molecule has 1 aromatic heterocycles. The molecular formula is C30H43N3O4S. The van der Waals surface area contributed by atoms with E-state index in [1.807, 2.05) is 0 Å². The fraction of sp³-hybridized carbons (Fsp3) is 0.633. The van der Waals surface area contributed by atoms with Crippen molar-refractivity contribution in [1.29, 1.82) is 0 Å². The van der Waals surface area contributed by atoms with Crippen LogP contribution in [0.2, 0.25) is 0 Å². The third-order valence-corrected chi connectivity index (χ3v) is 9.01. The van der Waals surface area contributed by atoms with E-state index in [9.17, 15) is 14.7 Å². The van der Waals surface area contributed by atoms with Gasteiger partial charge in [0, 0.05) is 30.0 Å². The number of carbonyl (C=O) groups is 2. The summed E-state index contributed by atoms with van der Waals surface area (Å²) >= 11 is 1.69. The Balaban J connectivity index is 1.40. The molecule has 0 bridgehead atoms. The molecule has 1 aliphatic carbocycles. The minimum Gasteiger partial charge on any atom is -0.444 e. The van der Waals surface area contributed by atoms with Crippen molar-refractivity contribution in [1.82, 2.24) is 15.2 Å². The summed E-state index contributed by atoms with van der Waals surface area (Å²) in [5.74, 6) is 0.00780. The molecule has 4 rings (SSSR count). The van der Waals surface area contributed by atoms with E-state index >= 15 is 0 Å². The molecule has 2 amide bonds. The Labute approximate surface area is 231 Å². The molecule has 2 aromatic rings. The van der Waals surface area contributed by atoms with Crippen LogP contribution in [-0.4, -0.2) is 58.3 Å². The van der Waals surface area contributed by atoms with Crippen molar-refractivity contribution < 1.29 is 19.4 Å². The molecule has 0 unspecified atom stereocenters. The predicted octanol–water partition coefficient (Wildman–Crippen LogP) is 5.75. The topological polar surface area (TPSA) is 91.8 Å². The largest absolute Gasteiger partial charge is 0.444 e. The molecule has 1 atom stereocenters. The zero-order valence-electron chi connectivity index (χ0n) is 23.9. The van der Waals surface area contributed by atoms with Crippen LogP contribution in [0.3, 0.4) is 0 Å². The van der Waals surface area contributed by atoms with Crippen LogP contribution in [0, 0.1) is 0 Å². The van der Waals surface area contributed by atoms with Gasteiger partial charge < -0.3 is 20.1 Å². The number of nitrogens with zero attached hydrogens (tertiary/aromatic N) is 2. The Morgan fingerprint density at radius 1 is 1.13 bits per heavy atom. The number of amides is 2. The molecule has 1 fully saturated rings. The minimum absolute atomic E-state index is 0.157. The van der Waals surface area contributed by atoms with Crippen LogP contribution in [0.4, 0.5) is 4.79 Å². The van der Waals surface area contributed by atoms with Gasteiger partial charge in [0.2, 0.25) is 5.91 Å². The summed E-state index contributed by atoms with van der Waals surface area (Å²) in [6.45, 7) is 15.3. The fourth-order valence-corrected chi connectivity index (χ4v) is 6.56. The van der Waals surface area contributed by atoms with E-state index in [0.29, 0.717) is 13.1 Å². The highest BCUT2D eigenvalue weighted by molar-refractivity contribution is 7.10. The monoisotopic (exact) mass is 541 g/mol. The fourth-order valence-electron chi connectivity index (χ4n) is 5.56. The second-order valence-corrected chi connectivity index (χ2v) is 14.0. The molecule has 1 aliphatic heterocycles. The number of ether oxygens (including phenoxy) is 1. The molecule has 0 spiro atoms. The third-order valence-electron chi connectivity index (χ3n) is 8.00. The van der Waals surface area contributed by atoms with Crippen LogP contribution in [0.15, 0.2) is 23.6 Å². The maximum atomic E-state index is 13.0. The number of hydrogen-bond acceptors (Lipinski definition) is 6. The summed E-state index contributed by atoms with van der Waals surface area (Å²) in [6, 6.07) is 5.86. The number of rotatable bonds is 5. The van der Waals surface area contributed by atoms with Crippen LogP contribution >= 0.6 is 11.3 Å². The maximum absolute atomic E-state index is 13.0. The summed E-state index contributed by atoms with van der Waals surface area (Å²) in [4.78, 5) is 31.8. The normalized spacial score (nSPS) is 19.9. The highest BCUT2D eigenvalue weighted by atomic mass is 32.1. The van der Waals surface area contributed by atoms with Crippen LogP contribution in [-0.2, 0) is 20.4 Å². The lowest BCUT2D eigenvalue weighted by atomic mass is 9.63. The first kappa shape index (κ1) is 28.6. The summed E-state index contributed by atoms with van der Waals surface area (Å²) in [7, 11) is 0. The standard InChI is InChI=1S/C30H43N3O4S/c1-28(2,3)37-27(36)32-23(17-34)26(35)33-14-10-19(11-15-33)25-31-24(18-38-25)20-8-9-21-22(16-20)30(6,7)13-12-29(21,4)5/h8-9,16,18-19,23,34H,10-15,17H2,1-7H3,(H,32,36)/t23-/m0/s1. The second-order valence-electron chi connectivity index (χ2n) is 13.1. The first-order valence-electron chi connectivity index (χ1n) is 13.7. The summed E-state index contributed by atoms with van der Waals surface area (Å²) in [6.07, 6.45) is 3.28. The number of aliphatic hydroxyl groups excluding tert-OH is 1. The van der Waals surface area contributed by atoms with Crippen LogP contribution < -0.4 is 5.32 Å². The first-order chi connectivity index (χ1) is 17.7. The van der Waals surface area contributed by atoms with E-state index in [2.05, 4.69) is 56.6 Å². The molecule has 7 nitrogen and oxygen atoms in total. The average molecular weight is 542 g/mol. The van der Waals surface area contributed by atoms with Crippen LogP contribution in [0.1, 0.15) is 96.2 Å². The highest BCUT2D eigenvalue weighted by Crippen LogP contribution is 2.47. The molecule has 208 valence electrons. The number of aliphatic hydroxyl groups is 1. The third kappa shape index (κ3) is 6.23. The molecule has 0 radical (unpaired) electrons. The predicted molar refractivity (Wildman–Crippen MR) is 152 cm³/mol. The lowest BCUT2D eigenvalue weighted by molar-refractivity contribution is -0.135. The first-order valence-corrected chi connectivity index (χ1v) is 14.6. The van der Waals surface area contributed by atoms with E-state index in [0.717, 1.165) is 23.5 Å². The van der Waals surface area contributed by atoms with Crippen molar-refractivity contribution in [3.63, 3.8) is 0 Å². The summed E-state index contributed by atoms with van der Waals surface area (Å²) in [5.41, 5.74) is 4.75. The van der Waals surface area contributed by atoms with Crippen LogP contribution in [0.5, 0.6) is 0 Å². The molecule has 2 aliphatic rings. The van der Waals surface area contributed by atoms with Gasteiger partial charge in [-0.3, -0.25) is 4.79 Å². The number of thiazole rings is 1. The van der Waals surface area contributed by atoms with Gasteiger partial charge in [-0.1, -0.05) is 39.8 Å². The van der Waals surface area contributed by atoms with Crippen molar-refractivity contribution in [2.24, 2.45) is 0 Å². The van der Waals surface area contributed by atoms with Gasteiger partial charge in [-0.15, -0.1) is 11.3 Å². The number of alkyl carbamates (subject to hydrolysis) is 1. The number of fused-ring (bicyclic) bond motifs is 1. The van der Waals surface area contributed by atoms with E-state index in [-0.39, 0.29) is 22.7 Å². The summed E-state index contributed by atoms with van der Waals surface area (Å²) in [5, 5.41) is 15.5. The van der Waals surface area contributed by atoms with Gasteiger partial charge in [0.25, 0.3) is 0 Å². The van der Waals surface area contributed by atoms with Crippen molar-refractivity contribution in [2.45, 2.75) is 103 Å². The lowest BCUT2D eigenvalue weighted by Gasteiger charge is -2.42. The SMILES string of the molecule is CC(C)(C)OC(=O)N[C@@H](CO)C(=O)N1CCC(c2nc(-c3ccc4c(c3)C(C)(C)CCC4(C)C)cs2)CC1. The molecule has 0 saturated carbocycles. The van der Waals surface area contributed by atoms with Gasteiger partial charge in [-0.2, -0.15) is 0 Å². The van der Waals surface area contributed by atoms with Crippen molar-refractivity contribution in [2.75, 3.05) is 19.7 Å². The average Bonchev–Trinajstić information content (AvgIpc) is 3.34. The summed E-state index contributed by atoms with van der Waals surface area (Å²) < 4.78 is 5.23. The Hall–Kier alpha value is -2.45. The number of carbonyl (C=O) groups excluding carboxylic acids is 2. The van der Waals surface area contributed by atoms with Crippen LogP contribution in [0.25, 0.3) is 11.3 Å². The Bertz CT molecular complexity index is 1170. The van der Waals surface area contributed by atoms with Crippen molar-refractivity contribution in [3.05, 3.63) is 39.7 Å². The molecule has 1 aromatic carbocycles. The zero-order chi connectivity index (χ0) is 27.9. The van der Waals surface area contributed by atoms with Gasteiger partial charge in [0.1, 0.15) is 11.6 Å². The highest BCUT2D eigenvalue weighted by Gasteiger charge is 2.37. The van der Waals surface area contributed by atoms with Crippen molar-refractivity contribution in [3.8, 4) is 11.3 Å². The smallest absolute Gasteiger partial charge is 0.408 e. The van der Waals surface area contributed by atoms with Crippen molar-refractivity contribution >= 4 is 23.3 Å². The quantitative estimate of drug-likeness (QED) is 0.503. The zero-order valence-corrected chi connectivity index (χ0v) is 24.7. The van der Waals surface area contributed by atoms with E-state index in [1.54, 1.807) is 37.0 Å². The Morgan fingerprint density at radius 3 is 2.37 bits per heavy atom. The van der Waals surface area contributed by atoms with E-state index in [4.69, 9.17) is 9.72 Å². The molecule has 1 saturated heterocycles. The van der Waals surface area contributed by atoms with Gasteiger partial charge in [-0.05, 0) is 74.5 Å². The maximum Gasteiger partial charge on any atom is 0.408 e. The molecule has 2 N–H and O–H groups in total. The molecule has 8 heteroatoms.